The average Bonchev–Trinajstić information content (AvgIpc) is 2.12. The molecule has 0 saturated carbocycles. The van der Waals surface area contributed by atoms with E-state index in [1.807, 2.05) is 0 Å². The summed E-state index contributed by atoms with van der Waals surface area (Å²) in [5.41, 5.74) is 0. The molecular weight excluding hydrogens is 168 g/mol. The van der Waals surface area contributed by atoms with Crippen LogP contribution in [-0.4, -0.2) is 54.0 Å². The Balaban J connectivity index is 4.08. The van der Waals surface area contributed by atoms with E-state index in [2.05, 4.69) is 9.47 Å². The van der Waals surface area contributed by atoms with Crippen molar-refractivity contribution in [1.29, 1.82) is 0 Å². The molecule has 0 amide bonds. The third kappa shape index (κ3) is 2.74. The van der Waals surface area contributed by atoms with Crippen LogP contribution in [0.3, 0.4) is 0 Å². The Labute approximate surface area is 69.3 Å². The SMILES string of the molecule is COC(=O)C(O)C(O)C(O)OC. The van der Waals surface area contributed by atoms with Gasteiger partial charge in [-0.1, -0.05) is 0 Å². The molecule has 0 radical (unpaired) electrons. The Morgan fingerprint density at radius 2 is 1.75 bits per heavy atom. The minimum Gasteiger partial charge on any atom is -0.467 e. The van der Waals surface area contributed by atoms with Gasteiger partial charge >= 0.3 is 5.97 Å². The summed E-state index contributed by atoms with van der Waals surface area (Å²) in [6, 6.07) is 0. The van der Waals surface area contributed by atoms with E-state index in [4.69, 9.17) is 15.3 Å². The summed E-state index contributed by atoms with van der Waals surface area (Å²) in [4.78, 5) is 10.6. The highest BCUT2D eigenvalue weighted by molar-refractivity contribution is 5.74. The summed E-state index contributed by atoms with van der Waals surface area (Å²) in [6.45, 7) is 0. The minimum absolute atomic E-state index is 1.03. The highest BCUT2D eigenvalue weighted by Gasteiger charge is 2.30. The number of methoxy groups -OCH3 is 2. The molecule has 3 N–H and O–H groups in total. The molecule has 0 aromatic heterocycles. The molecule has 0 aromatic carbocycles. The van der Waals surface area contributed by atoms with Crippen LogP contribution < -0.4 is 0 Å². The van der Waals surface area contributed by atoms with Gasteiger partial charge in [0, 0.05) is 7.11 Å². The topological polar surface area (TPSA) is 96.2 Å². The summed E-state index contributed by atoms with van der Waals surface area (Å²) in [6.07, 6.45) is -5.12. The first-order valence-electron chi connectivity index (χ1n) is 3.19. The standard InChI is InChI=1S/C6H12O6/c1-11-5(9)3(7)4(8)6(10)12-2/h3-5,7-9H,1-2H3. The van der Waals surface area contributed by atoms with Gasteiger partial charge in [0.05, 0.1) is 7.11 Å². The molecule has 0 aromatic rings. The molecule has 0 aliphatic heterocycles. The monoisotopic (exact) mass is 180 g/mol. The van der Waals surface area contributed by atoms with Gasteiger partial charge in [-0.3, -0.25) is 0 Å². The predicted molar refractivity (Wildman–Crippen MR) is 37.0 cm³/mol. The van der Waals surface area contributed by atoms with Gasteiger partial charge in [0.1, 0.15) is 6.10 Å². The van der Waals surface area contributed by atoms with Crippen LogP contribution in [0.2, 0.25) is 0 Å². The molecular formula is C6H12O6. The normalized spacial score (nSPS) is 18.1. The Hall–Kier alpha value is -0.690. The van der Waals surface area contributed by atoms with Gasteiger partial charge in [0.15, 0.2) is 12.4 Å². The lowest BCUT2D eigenvalue weighted by molar-refractivity contribution is -0.190. The number of esters is 1. The molecule has 0 heterocycles. The largest absolute Gasteiger partial charge is 0.467 e. The van der Waals surface area contributed by atoms with Crippen LogP contribution in [0.25, 0.3) is 0 Å². The quantitative estimate of drug-likeness (QED) is 0.337. The average molecular weight is 180 g/mol. The summed E-state index contributed by atoms with van der Waals surface area (Å²) in [5, 5.41) is 26.7. The number of hydrogen-bond donors (Lipinski definition) is 3. The van der Waals surface area contributed by atoms with Gasteiger partial charge in [-0.15, -0.1) is 0 Å². The van der Waals surface area contributed by atoms with Gasteiger partial charge in [-0.2, -0.15) is 0 Å². The van der Waals surface area contributed by atoms with E-state index in [0.717, 1.165) is 14.2 Å². The summed E-state index contributed by atoms with van der Waals surface area (Å²) < 4.78 is 8.38. The first kappa shape index (κ1) is 11.3. The predicted octanol–water partition coefficient (Wildman–Crippen LogP) is -2.15. The Bertz CT molecular complexity index is 147. The number of rotatable bonds is 4. The van der Waals surface area contributed by atoms with Crippen LogP contribution >= 0.6 is 0 Å². The van der Waals surface area contributed by atoms with Crippen molar-refractivity contribution in [3.05, 3.63) is 0 Å². The van der Waals surface area contributed by atoms with Crippen molar-refractivity contribution in [2.75, 3.05) is 14.2 Å². The van der Waals surface area contributed by atoms with E-state index in [-0.39, 0.29) is 0 Å². The smallest absolute Gasteiger partial charge is 0.337 e. The lowest BCUT2D eigenvalue weighted by Gasteiger charge is -2.19. The first-order valence-corrected chi connectivity index (χ1v) is 3.19. The van der Waals surface area contributed by atoms with Crippen molar-refractivity contribution in [2.24, 2.45) is 0 Å². The van der Waals surface area contributed by atoms with E-state index in [0.29, 0.717) is 0 Å². The highest BCUT2D eigenvalue weighted by atomic mass is 16.6. The Morgan fingerprint density at radius 1 is 1.25 bits per heavy atom. The zero-order valence-electron chi connectivity index (χ0n) is 6.80. The lowest BCUT2D eigenvalue weighted by atomic mass is 10.2. The minimum atomic E-state index is -1.80. The van der Waals surface area contributed by atoms with Crippen LogP contribution in [-0.2, 0) is 14.3 Å². The number of aliphatic hydroxyl groups excluding tert-OH is 3. The van der Waals surface area contributed by atoms with E-state index in [9.17, 15) is 4.79 Å². The second-order valence-corrected chi connectivity index (χ2v) is 2.08. The molecule has 6 nitrogen and oxygen atoms in total. The van der Waals surface area contributed by atoms with Crippen molar-refractivity contribution in [3.63, 3.8) is 0 Å². The second-order valence-electron chi connectivity index (χ2n) is 2.08. The van der Waals surface area contributed by atoms with Crippen molar-refractivity contribution in [3.8, 4) is 0 Å². The van der Waals surface area contributed by atoms with Gasteiger partial charge in [0.2, 0.25) is 0 Å². The molecule has 0 aliphatic rings. The molecule has 6 heteroatoms. The fourth-order valence-corrected chi connectivity index (χ4v) is 0.556. The maximum atomic E-state index is 10.6. The zero-order chi connectivity index (χ0) is 9.72. The molecule has 0 rings (SSSR count). The second kappa shape index (κ2) is 5.04. The van der Waals surface area contributed by atoms with Crippen LogP contribution in [0.5, 0.6) is 0 Å². The van der Waals surface area contributed by atoms with Gasteiger partial charge in [-0.05, 0) is 0 Å². The fourth-order valence-electron chi connectivity index (χ4n) is 0.556. The first-order chi connectivity index (χ1) is 5.54. The van der Waals surface area contributed by atoms with Crippen LogP contribution in [0.4, 0.5) is 0 Å². The molecule has 0 saturated heterocycles. The lowest BCUT2D eigenvalue weighted by Crippen LogP contribution is -2.43. The molecule has 0 spiro atoms. The van der Waals surface area contributed by atoms with Gasteiger partial charge < -0.3 is 24.8 Å². The fraction of sp³-hybridized carbons (Fsp3) is 0.833. The van der Waals surface area contributed by atoms with Gasteiger partial charge in [0.25, 0.3) is 0 Å². The Kier molecular flexibility index (Phi) is 4.75. The van der Waals surface area contributed by atoms with Crippen LogP contribution in [0.1, 0.15) is 0 Å². The van der Waals surface area contributed by atoms with E-state index in [1.165, 1.54) is 0 Å². The Morgan fingerprint density at radius 3 is 2.08 bits per heavy atom. The number of carbonyl (C=O) groups excluding carboxylic acids is 1. The van der Waals surface area contributed by atoms with Crippen molar-refractivity contribution < 1.29 is 29.6 Å². The van der Waals surface area contributed by atoms with Crippen LogP contribution in [0.15, 0.2) is 0 Å². The van der Waals surface area contributed by atoms with Crippen molar-refractivity contribution >= 4 is 5.97 Å². The van der Waals surface area contributed by atoms with Crippen LogP contribution in [0, 0.1) is 0 Å². The maximum absolute atomic E-state index is 10.6. The number of ether oxygens (including phenoxy) is 2. The summed E-state index contributed by atoms with van der Waals surface area (Å²) >= 11 is 0. The van der Waals surface area contributed by atoms with E-state index >= 15 is 0 Å². The highest BCUT2D eigenvalue weighted by Crippen LogP contribution is 2.02. The maximum Gasteiger partial charge on any atom is 0.337 e. The van der Waals surface area contributed by atoms with Gasteiger partial charge in [-0.25, -0.2) is 4.79 Å². The van der Waals surface area contributed by atoms with Crippen molar-refractivity contribution in [1.82, 2.24) is 0 Å². The number of aliphatic hydroxyl groups is 3. The third-order valence-corrected chi connectivity index (χ3v) is 1.30. The molecule has 72 valence electrons. The number of hydrogen-bond acceptors (Lipinski definition) is 6. The zero-order valence-corrected chi connectivity index (χ0v) is 6.80. The molecule has 0 fully saturated rings. The number of carbonyl (C=O) groups is 1. The third-order valence-electron chi connectivity index (χ3n) is 1.30. The molecule has 0 bridgehead atoms. The molecule has 3 atom stereocenters. The van der Waals surface area contributed by atoms with E-state index < -0.39 is 24.5 Å². The van der Waals surface area contributed by atoms with E-state index in [1.54, 1.807) is 0 Å². The van der Waals surface area contributed by atoms with Crippen molar-refractivity contribution in [2.45, 2.75) is 18.5 Å². The summed E-state index contributed by atoms with van der Waals surface area (Å²) in [7, 11) is 2.18. The molecule has 0 aliphatic carbocycles. The molecule has 3 unspecified atom stereocenters. The summed E-state index contributed by atoms with van der Waals surface area (Å²) in [5.74, 6) is -1.03. The molecule has 12 heavy (non-hydrogen) atoms.